The Kier molecular flexibility index (Phi) is 18.0. The van der Waals surface area contributed by atoms with Crippen LogP contribution in [0.2, 0.25) is 0 Å². The van der Waals surface area contributed by atoms with Gasteiger partial charge in [0.05, 0.1) is 20.6 Å². The zero-order chi connectivity index (χ0) is 16.8. The van der Waals surface area contributed by atoms with Gasteiger partial charge >= 0.3 is 0 Å². The maximum Gasteiger partial charge on any atom is 0.132 e. The van der Waals surface area contributed by atoms with Gasteiger partial charge in [-0.05, 0) is 25.0 Å². The molecule has 148 valence electrons. The van der Waals surface area contributed by atoms with E-state index < -0.39 is 0 Å². The fraction of sp³-hybridized carbons (Fsp3) is 0.727. The van der Waals surface area contributed by atoms with E-state index in [-0.39, 0.29) is 17.9 Å². The van der Waals surface area contributed by atoms with E-state index in [1.54, 1.807) is 0 Å². The highest BCUT2D eigenvalue weighted by molar-refractivity contribution is 5.40. The second kappa shape index (κ2) is 16.9. The van der Waals surface area contributed by atoms with Gasteiger partial charge in [-0.1, -0.05) is 89.3 Å². The lowest BCUT2D eigenvalue weighted by Crippen LogP contribution is -3.00. The summed E-state index contributed by atoms with van der Waals surface area (Å²) in [6.45, 7) is 3.54. The van der Waals surface area contributed by atoms with Gasteiger partial charge in [0, 0.05) is 0 Å². The molecule has 0 amide bonds. The summed E-state index contributed by atoms with van der Waals surface area (Å²) in [5.74, 6) is 0. The maximum atomic E-state index is 2.33. The molecule has 0 saturated heterocycles. The summed E-state index contributed by atoms with van der Waals surface area (Å²) in [5, 5.41) is 0. The molecule has 0 unspecified atom stereocenters. The van der Waals surface area contributed by atoms with Crippen LogP contribution in [0.4, 0.5) is 5.69 Å². The maximum absolute atomic E-state index is 2.33. The molecule has 2 N–H and O–H groups in total. The van der Waals surface area contributed by atoms with Crippen LogP contribution in [-0.2, 0) is 0 Å². The highest BCUT2D eigenvalue weighted by Crippen LogP contribution is 2.19. The van der Waals surface area contributed by atoms with Crippen molar-refractivity contribution in [2.45, 2.75) is 84.0 Å². The van der Waals surface area contributed by atoms with Gasteiger partial charge in [-0.3, -0.25) is 4.48 Å². The Hall–Kier alpha value is -0.570. The van der Waals surface area contributed by atoms with E-state index in [0.29, 0.717) is 0 Å². The quantitative estimate of drug-likeness (QED) is 0.355. The number of hydrogen-bond acceptors (Lipinski definition) is 0. The SMILES string of the molecule is CCCCCCCCCCCCCC[N+](C)(C)c1ccccc1.O.[Cl-]. The summed E-state index contributed by atoms with van der Waals surface area (Å²) in [4.78, 5) is 0. The zero-order valence-electron chi connectivity index (χ0n) is 16.9. The highest BCUT2D eigenvalue weighted by atomic mass is 35.5. The lowest BCUT2D eigenvalue weighted by Gasteiger charge is -2.29. The molecule has 1 rings (SSSR count). The van der Waals surface area contributed by atoms with Crippen molar-refractivity contribution in [2.24, 2.45) is 0 Å². The molecule has 0 radical (unpaired) electrons. The third-order valence-electron chi connectivity index (χ3n) is 5.03. The molecule has 0 heterocycles. The molecular weight excluding hydrogens is 330 g/mol. The van der Waals surface area contributed by atoms with Gasteiger partial charge in [0.1, 0.15) is 5.69 Å². The third kappa shape index (κ3) is 13.3. The Labute approximate surface area is 163 Å². The Balaban J connectivity index is 0. The minimum absolute atomic E-state index is 0. The van der Waals surface area contributed by atoms with Gasteiger partial charge in [-0.15, -0.1) is 0 Å². The van der Waals surface area contributed by atoms with E-state index in [0.717, 1.165) is 4.48 Å². The first-order valence-corrected chi connectivity index (χ1v) is 10.1. The van der Waals surface area contributed by atoms with Gasteiger partial charge in [0.15, 0.2) is 0 Å². The van der Waals surface area contributed by atoms with Crippen molar-refractivity contribution in [3.8, 4) is 0 Å². The fourth-order valence-corrected chi connectivity index (χ4v) is 3.31. The number of quaternary nitrogens is 1. The highest BCUT2D eigenvalue weighted by Gasteiger charge is 2.17. The molecule has 0 saturated carbocycles. The first-order valence-electron chi connectivity index (χ1n) is 10.1. The Bertz CT molecular complexity index is 381. The molecule has 0 aliphatic carbocycles. The van der Waals surface area contributed by atoms with Crippen LogP contribution in [-0.4, -0.2) is 26.1 Å². The molecule has 3 heteroatoms. The van der Waals surface area contributed by atoms with Gasteiger partial charge in [-0.25, -0.2) is 0 Å². The molecule has 0 fully saturated rings. The molecule has 0 aliphatic rings. The topological polar surface area (TPSA) is 31.5 Å². The van der Waals surface area contributed by atoms with Crippen molar-refractivity contribution in [3.63, 3.8) is 0 Å². The van der Waals surface area contributed by atoms with E-state index in [4.69, 9.17) is 0 Å². The monoisotopic (exact) mass is 371 g/mol. The molecule has 25 heavy (non-hydrogen) atoms. The summed E-state index contributed by atoms with van der Waals surface area (Å²) in [5.41, 5.74) is 1.43. The molecule has 0 aliphatic heterocycles. The standard InChI is InChI=1S/C22H40N.ClH.H2O/c1-4-5-6-7-8-9-10-11-12-13-14-18-21-23(2,3)22-19-16-15-17-20-22;;/h15-17,19-20H,4-14,18,21H2,1-3H3;1H;1H2/q+1;;/p-1. The second-order valence-electron chi connectivity index (χ2n) is 7.63. The predicted molar refractivity (Wildman–Crippen MR) is 110 cm³/mol. The average molecular weight is 372 g/mol. The van der Waals surface area contributed by atoms with Crippen LogP contribution < -0.4 is 16.9 Å². The predicted octanol–water partition coefficient (Wildman–Crippen LogP) is 3.13. The van der Waals surface area contributed by atoms with Crippen molar-refractivity contribution >= 4 is 5.69 Å². The number of para-hydroxylation sites is 1. The molecule has 0 atom stereocenters. The van der Waals surface area contributed by atoms with Crippen molar-refractivity contribution in [2.75, 3.05) is 20.6 Å². The second-order valence-corrected chi connectivity index (χ2v) is 7.63. The van der Waals surface area contributed by atoms with Crippen LogP contribution in [0.5, 0.6) is 0 Å². The number of halogens is 1. The minimum atomic E-state index is 0. The molecule has 1 aromatic rings. The Morgan fingerprint density at radius 2 is 1.04 bits per heavy atom. The molecule has 0 spiro atoms. The normalized spacial score (nSPS) is 10.8. The number of nitrogens with zero attached hydrogens (tertiary/aromatic N) is 1. The summed E-state index contributed by atoms with van der Waals surface area (Å²) in [6, 6.07) is 10.9. The molecule has 1 aromatic carbocycles. The van der Waals surface area contributed by atoms with Crippen LogP contribution in [0.3, 0.4) is 0 Å². The number of rotatable bonds is 14. The molecule has 0 aromatic heterocycles. The van der Waals surface area contributed by atoms with E-state index in [1.807, 2.05) is 0 Å². The molecular formula is C22H42ClNO. The van der Waals surface area contributed by atoms with Crippen molar-refractivity contribution in [3.05, 3.63) is 30.3 Å². The number of unbranched alkanes of at least 4 members (excludes halogenated alkanes) is 11. The van der Waals surface area contributed by atoms with Crippen LogP contribution in [0.25, 0.3) is 0 Å². The van der Waals surface area contributed by atoms with Crippen molar-refractivity contribution in [1.82, 2.24) is 4.48 Å². The first kappa shape index (κ1) is 26.7. The molecule has 0 bridgehead atoms. The van der Waals surface area contributed by atoms with Crippen molar-refractivity contribution < 1.29 is 17.9 Å². The van der Waals surface area contributed by atoms with Crippen LogP contribution in [0.1, 0.15) is 84.0 Å². The zero-order valence-corrected chi connectivity index (χ0v) is 17.7. The lowest BCUT2D eigenvalue weighted by atomic mass is 10.1. The van der Waals surface area contributed by atoms with Crippen molar-refractivity contribution in [1.29, 1.82) is 0 Å². The first-order chi connectivity index (χ1) is 11.2. The summed E-state index contributed by atoms with van der Waals surface area (Å²) < 4.78 is 1.01. The van der Waals surface area contributed by atoms with E-state index in [9.17, 15) is 0 Å². The van der Waals surface area contributed by atoms with Crippen LogP contribution in [0.15, 0.2) is 30.3 Å². The van der Waals surface area contributed by atoms with E-state index >= 15 is 0 Å². The third-order valence-corrected chi connectivity index (χ3v) is 5.03. The van der Waals surface area contributed by atoms with E-state index in [1.165, 1.54) is 89.3 Å². The Morgan fingerprint density at radius 3 is 1.48 bits per heavy atom. The van der Waals surface area contributed by atoms with Crippen LogP contribution in [0, 0.1) is 0 Å². The summed E-state index contributed by atoms with van der Waals surface area (Å²) in [7, 11) is 4.65. The average Bonchev–Trinajstić information content (AvgIpc) is 2.56. The van der Waals surface area contributed by atoms with Gasteiger partial charge < -0.3 is 17.9 Å². The van der Waals surface area contributed by atoms with E-state index in [2.05, 4.69) is 51.4 Å². The number of benzene rings is 1. The summed E-state index contributed by atoms with van der Waals surface area (Å²) >= 11 is 0. The minimum Gasteiger partial charge on any atom is -1.00 e. The molecule has 2 nitrogen and oxygen atoms in total. The van der Waals surface area contributed by atoms with Gasteiger partial charge in [-0.2, -0.15) is 0 Å². The lowest BCUT2D eigenvalue weighted by molar-refractivity contribution is -0.00000637. The van der Waals surface area contributed by atoms with Gasteiger partial charge in [0.2, 0.25) is 0 Å². The largest absolute Gasteiger partial charge is 1.00 e. The Morgan fingerprint density at radius 1 is 0.640 bits per heavy atom. The number of hydrogen-bond donors (Lipinski definition) is 0. The van der Waals surface area contributed by atoms with Gasteiger partial charge in [0.25, 0.3) is 0 Å². The smallest absolute Gasteiger partial charge is 0.132 e. The van der Waals surface area contributed by atoms with Crippen LogP contribution >= 0.6 is 0 Å². The fourth-order valence-electron chi connectivity index (χ4n) is 3.31. The summed E-state index contributed by atoms with van der Waals surface area (Å²) in [6.07, 6.45) is 17.1.